The molecule has 0 spiro atoms. The molecule has 0 amide bonds. The van der Waals surface area contributed by atoms with Crippen LogP contribution < -0.4 is 9.47 Å². The highest BCUT2D eigenvalue weighted by molar-refractivity contribution is 8.03. The van der Waals surface area contributed by atoms with Gasteiger partial charge >= 0.3 is 5.97 Å². The molecule has 1 aromatic heterocycles. The number of hydrogen-bond donors (Lipinski definition) is 1. The SMILES string of the molecule is COc1ccc(OC)c(/C=C(\Sc2nc3ccccc3o2)C(=O)O)c1. The van der Waals surface area contributed by atoms with Gasteiger partial charge in [-0.1, -0.05) is 12.1 Å². The van der Waals surface area contributed by atoms with Crippen LogP contribution in [0.4, 0.5) is 0 Å². The van der Waals surface area contributed by atoms with Crippen molar-refractivity contribution in [3.8, 4) is 11.5 Å². The lowest BCUT2D eigenvalue weighted by molar-refractivity contribution is -0.131. The van der Waals surface area contributed by atoms with E-state index in [2.05, 4.69) is 4.98 Å². The number of methoxy groups -OCH3 is 2. The number of para-hydroxylation sites is 2. The molecule has 6 nitrogen and oxygen atoms in total. The van der Waals surface area contributed by atoms with Crippen LogP contribution in [-0.4, -0.2) is 30.3 Å². The molecule has 0 saturated carbocycles. The minimum Gasteiger partial charge on any atom is -0.497 e. The molecule has 0 bridgehead atoms. The first-order valence-electron chi connectivity index (χ1n) is 7.31. The highest BCUT2D eigenvalue weighted by Crippen LogP contribution is 2.33. The molecule has 2 aromatic carbocycles. The Kier molecular flexibility index (Phi) is 4.95. The second kappa shape index (κ2) is 7.31. The average Bonchev–Trinajstić information content (AvgIpc) is 3.03. The molecule has 0 radical (unpaired) electrons. The summed E-state index contributed by atoms with van der Waals surface area (Å²) >= 11 is 0.937. The molecule has 0 saturated heterocycles. The summed E-state index contributed by atoms with van der Waals surface area (Å²) in [5.41, 5.74) is 1.87. The zero-order valence-electron chi connectivity index (χ0n) is 13.6. The smallest absolute Gasteiger partial charge is 0.342 e. The maximum Gasteiger partial charge on any atom is 0.342 e. The van der Waals surface area contributed by atoms with Crippen LogP contribution in [0.1, 0.15) is 5.56 Å². The zero-order chi connectivity index (χ0) is 17.8. The highest BCUT2D eigenvalue weighted by atomic mass is 32.2. The minimum absolute atomic E-state index is 0.0538. The van der Waals surface area contributed by atoms with Crippen molar-refractivity contribution in [3.05, 3.63) is 52.9 Å². The molecular formula is C18H15NO5S. The zero-order valence-corrected chi connectivity index (χ0v) is 14.4. The van der Waals surface area contributed by atoms with Gasteiger partial charge in [-0.3, -0.25) is 0 Å². The first-order valence-corrected chi connectivity index (χ1v) is 8.13. The predicted molar refractivity (Wildman–Crippen MR) is 95.0 cm³/mol. The molecule has 3 rings (SSSR count). The van der Waals surface area contributed by atoms with Gasteiger partial charge in [0, 0.05) is 5.56 Å². The van der Waals surface area contributed by atoms with Crippen molar-refractivity contribution in [2.75, 3.05) is 14.2 Å². The second-order valence-electron chi connectivity index (χ2n) is 4.97. The number of hydrogen-bond acceptors (Lipinski definition) is 6. The predicted octanol–water partition coefficient (Wildman–Crippen LogP) is 4.06. The Bertz CT molecular complexity index is 915. The Labute approximate surface area is 148 Å². The standard InChI is InChI=1S/C18H15NO5S/c1-22-12-7-8-14(23-2)11(9-12)10-16(17(20)21)25-18-19-13-5-3-4-6-15(13)24-18/h3-10H,1-2H3,(H,20,21)/b16-10-. The molecule has 0 unspecified atom stereocenters. The summed E-state index contributed by atoms with van der Waals surface area (Å²) in [6.07, 6.45) is 1.50. The molecule has 1 N–H and O–H groups in total. The molecule has 0 aliphatic heterocycles. The van der Waals surface area contributed by atoms with Gasteiger partial charge < -0.3 is 19.0 Å². The molecular weight excluding hydrogens is 342 g/mol. The molecule has 128 valence electrons. The first-order chi connectivity index (χ1) is 12.1. The Morgan fingerprint density at radius 2 is 2.00 bits per heavy atom. The van der Waals surface area contributed by atoms with Gasteiger partial charge in [-0.2, -0.15) is 0 Å². The van der Waals surface area contributed by atoms with E-state index in [4.69, 9.17) is 13.9 Å². The summed E-state index contributed by atoms with van der Waals surface area (Å²) in [6.45, 7) is 0. The lowest BCUT2D eigenvalue weighted by Gasteiger charge is -2.08. The summed E-state index contributed by atoms with van der Waals surface area (Å²) in [5.74, 6) is 0.0542. The number of benzene rings is 2. The van der Waals surface area contributed by atoms with Crippen molar-refractivity contribution in [1.82, 2.24) is 4.98 Å². The van der Waals surface area contributed by atoms with Crippen molar-refractivity contribution in [1.29, 1.82) is 0 Å². The summed E-state index contributed by atoms with van der Waals surface area (Å²) in [5, 5.41) is 9.79. The average molecular weight is 357 g/mol. The van der Waals surface area contributed by atoms with Crippen molar-refractivity contribution >= 4 is 34.9 Å². The number of thioether (sulfide) groups is 1. The van der Waals surface area contributed by atoms with Gasteiger partial charge in [0.1, 0.15) is 21.9 Å². The van der Waals surface area contributed by atoms with E-state index in [1.165, 1.54) is 13.2 Å². The Morgan fingerprint density at radius 3 is 2.68 bits per heavy atom. The normalized spacial score (nSPS) is 11.5. The highest BCUT2D eigenvalue weighted by Gasteiger charge is 2.16. The fourth-order valence-corrected chi connectivity index (χ4v) is 2.95. The molecule has 0 atom stereocenters. The van der Waals surface area contributed by atoms with Crippen LogP contribution in [0.15, 0.2) is 57.0 Å². The second-order valence-corrected chi connectivity index (χ2v) is 5.96. The van der Waals surface area contributed by atoms with E-state index in [0.717, 1.165) is 11.8 Å². The van der Waals surface area contributed by atoms with E-state index in [1.54, 1.807) is 37.4 Å². The fraction of sp³-hybridized carbons (Fsp3) is 0.111. The number of nitrogens with zero attached hydrogens (tertiary/aromatic N) is 1. The number of fused-ring (bicyclic) bond motifs is 1. The van der Waals surface area contributed by atoms with E-state index in [9.17, 15) is 9.90 Å². The van der Waals surface area contributed by atoms with Crippen LogP contribution in [0.3, 0.4) is 0 Å². The van der Waals surface area contributed by atoms with Crippen molar-refractivity contribution in [3.63, 3.8) is 0 Å². The number of ether oxygens (including phenoxy) is 2. The Hall–Kier alpha value is -2.93. The van der Waals surface area contributed by atoms with Gasteiger partial charge in [-0.25, -0.2) is 9.78 Å². The molecule has 25 heavy (non-hydrogen) atoms. The topological polar surface area (TPSA) is 81.8 Å². The Balaban J connectivity index is 1.98. The number of aromatic nitrogens is 1. The number of carboxylic acids is 1. The first kappa shape index (κ1) is 16.9. The lowest BCUT2D eigenvalue weighted by atomic mass is 10.1. The quantitative estimate of drug-likeness (QED) is 0.526. The van der Waals surface area contributed by atoms with Crippen molar-refractivity contribution < 1.29 is 23.8 Å². The molecule has 7 heteroatoms. The van der Waals surface area contributed by atoms with E-state index in [-0.39, 0.29) is 10.1 Å². The van der Waals surface area contributed by atoms with Crippen molar-refractivity contribution in [2.45, 2.75) is 5.22 Å². The van der Waals surface area contributed by atoms with Gasteiger partial charge in [-0.05, 0) is 48.2 Å². The van der Waals surface area contributed by atoms with Crippen LogP contribution in [0.2, 0.25) is 0 Å². The summed E-state index contributed by atoms with van der Waals surface area (Å²) in [7, 11) is 3.06. The number of aliphatic carboxylic acids is 1. The molecule has 1 heterocycles. The lowest BCUT2D eigenvalue weighted by Crippen LogP contribution is -1.98. The fourth-order valence-electron chi connectivity index (χ4n) is 2.22. The maximum atomic E-state index is 11.6. The number of rotatable bonds is 6. The third-order valence-electron chi connectivity index (χ3n) is 3.41. The van der Waals surface area contributed by atoms with Crippen molar-refractivity contribution in [2.24, 2.45) is 0 Å². The van der Waals surface area contributed by atoms with E-state index in [1.807, 2.05) is 12.1 Å². The van der Waals surface area contributed by atoms with Gasteiger partial charge in [-0.15, -0.1) is 0 Å². The summed E-state index contributed by atoms with van der Waals surface area (Å²) in [6, 6.07) is 12.4. The largest absolute Gasteiger partial charge is 0.497 e. The summed E-state index contributed by atoms with van der Waals surface area (Å²) < 4.78 is 16.0. The van der Waals surface area contributed by atoms with E-state index < -0.39 is 5.97 Å². The number of oxazole rings is 1. The minimum atomic E-state index is -1.09. The van der Waals surface area contributed by atoms with Crippen LogP contribution in [0.5, 0.6) is 11.5 Å². The summed E-state index contributed by atoms with van der Waals surface area (Å²) in [4.78, 5) is 16.0. The third kappa shape index (κ3) is 3.77. The van der Waals surface area contributed by atoms with Crippen LogP contribution in [-0.2, 0) is 4.79 Å². The number of carboxylic acid groups (broad SMARTS) is 1. The van der Waals surface area contributed by atoms with E-state index >= 15 is 0 Å². The van der Waals surface area contributed by atoms with Gasteiger partial charge in [0.25, 0.3) is 5.22 Å². The molecule has 0 aliphatic rings. The van der Waals surface area contributed by atoms with Crippen LogP contribution in [0.25, 0.3) is 17.2 Å². The van der Waals surface area contributed by atoms with Crippen LogP contribution in [0, 0.1) is 0 Å². The van der Waals surface area contributed by atoms with Crippen LogP contribution >= 0.6 is 11.8 Å². The van der Waals surface area contributed by atoms with Gasteiger partial charge in [0.2, 0.25) is 0 Å². The Morgan fingerprint density at radius 1 is 1.20 bits per heavy atom. The maximum absolute atomic E-state index is 11.6. The third-order valence-corrected chi connectivity index (χ3v) is 4.27. The number of carbonyl (C=O) groups is 1. The molecule has 0 fully saturated rings. The van der Waals surface area contributed by atoms with Gasteiger partial charge in [0.15, 0.2) is 5.58 Å². The molecule has 3 aromatic rings. The van der Waals surface area contributed by atoms with E-state index in [0.29, 0.717) is 28.2 Å². The monoisotopic (exact) mass is 357 g/mol. The van der Waals surface area contributed by atoms with Gasteiger partial charge in [0.05, 0.1) is 14.2 Å². The molecule has 0 aliphatic carbocycles.